The Morgan fingerprint density at radius 2 is 1.86 bits per heavy atom. The van der Waals surface area contributed by atoms with Gasteiger partial charge in [0, 0.05) is 46.0 Å². The SMILES string of the molecule is CCc1ccccc1Nc1nc(N)nc(CN2CCN(C(=O)N(C)C)CC2)n1. The van der Waals surface area contributed by atoms with Gasteiger partial charge >= 0.3 is 6.03 Å². The van der Waals surface area contributed by atoms with Crippen LogP contribution in [0.2, 0.25) is 0 Å². The van der Waals surface area contributed by atoms with Crippen molar-refractivity contribution in [2.24, 2.45) is 0 Å². The molecule has 0 bridgehead atoms. The minimum absolute atomic E-state index is 0.0464. The zero-order chi connectivity index (χ0) is 20.1. The standard InChI is InChI=1S/C19H28N8O/c1-4-14-7-5-6-8-15(14)21-18-23-16(22-17(20)24-18)13-26-9-11-27(12-10-26)19(28)25(2)3/h5-8H,4,9-13H2,1-3H3,(H3,20,21,22,23,24). The highest BCUT2D eigenvalue weighted by molar-refractivity contribution is 5.73. The Morgan fingerprint density at radius 3 is 2.54 bits per heavy atom. The van der Waals surface area contributed by atoms with Gasteiger partial charge in [-0.15, -0.1) is 0 Å². The summed E-state index contributed by atoms with van der Waals surface area (Å²) in [6, 6.07) is 8.10. The Balaban J connectivity index is 1.65. The van der Waals surface area contributed by atoms with Crippen molar-refractivity contribution < 1.29 is 4.79 Å². The van der Waals surface area contributed by atoms with E-state index in [4.69, 9.17) is 5.73 Å². The summed E-state index contributed by atoms with van der Waals surface area (Å²) in [6.45, 7) is 5.59. The van der Waals surface area contributed by atoms with Gasteiger partial charge in [-0.2, -0.15) is 15.0 Å². The average Bonchev–Trinajstić information content (AvgIpc) is 2.68. The maximum absolute atomic E-state index is 12.1. The second-order valence-electron chi connectivity index (χ2n) is 7.01. The Labute approximate surface area is 165 Å². The number of nitrogens with zero attached hydrogens (tertiary/aromatic N) is 6. The molecule has 9 nitrogen and oxygen atoms in total. The number of rotatable bonds is 5. The molecule has 3 rings (SSSR count). The third-order valence-electron chi connectivity index (χ3n) is 4.73. The van der Waals surface area contributed by atoms with Gasteiger partial charge in [0.05, 0.1) is 6.54 Å². The molecule has 0 spiro atoms. The van der Waals surface area contributed by atoms with E-state index in [-0.39, 0.29) is 12.0 Å². The lowest BCUT2D eigenvalue weighted by Gasteiger charge is -2.35. The van der Waals surface area contributed by atoms with Crippen molar-refractivity contribution in [3.8, 4) is 0 Å². The number of amides is 2. The zero-order valence-corrected chi connectivity index (χ0v) is 16.7. The maximum Gasteiger partial charge on any atom is 0.319 e. The molecule has 1 aromatic carbocycles. The van der Waals surface area contributed by atoms with Gasteiger partial charge < -0.3 is 20.9 Å². The fourth-order valence-electron chi connectivity index (χ4n) is 3.22. The number of urea groups is 1. The molecule has 0 saturated carbocycles. The van der Waals surface area contributed by atoms with E-state index in [2.05, 4.69) is 38.2 Å². The molecular weight excluding hydrogens is 356 g/mol. The maximum atomic E-state index is 12.1. The van der Waals surface area contributed by atoms with E-state index in [1.54, 1.807) is 19.0 Å². The molecule has 1 aliphatic heterocycles. The minimum Gasteiger partial charge on any atom is -0.368 e. The fourth-order valence-corrected chi connectivity index (χ4v) is 3.22. The van der Waals surface area contributed by atoms with Crippen LogP contribution in [0.5, 0.6) is 0 Å². The number of nitrogen functional groups attached to an aromatic ring is 1. The van der Waals surface area contributed by atoms with Crippen LogP contribution in [0.4, 0.5) is 22.4 Å². The average molecular weight is 384 g/mol. The van der Waals surface area contributed by atoms with Crippen molar-refractivity contribution in [1.29, 1.82) is 0 Å². The van der Waals surface area contributed by atoms with Crippen LogP contribution in [0.25, 0.3) is 0 Å². The number of hydrogen-bond donors (Lipinski definition) is 2. The minimum atomic E-state index is 0.0464. The number of carbonyl (C=O) groups is 1. The van der Waals surface area contributed by atoms with E-state index in [1.807, 2.05) is 23.1 Å². The summed E-state index contributed by atoms with van der Waals surface area (Å²) >= 11 is 0. The molecule has 0 atom stereocenters. The molecule has 1 saturated heterocycles. The third kappa shape index (κ3) is 4.86. The van der Waals surface area contributed by atoms with Gasteiger partial charge in [-0.25, -0.2) is 4.79 Å². The van der Waals surface area contributed by atoms with Crippen molar-refractivity contribution >= 4 is 23.6 Å². The van der Waals surface area contributed by atoms with E-state index in [0.29, 0.717) is 31.4 Å². The van der Waals surface area contributed by atoms with Crippen molar-refractivity contribution in [2.45, 2.75) is 19.9 Å². The first kappa shape index (κ1) is 19.8. The number of aryl methyl sites for hydroxylation is 1. The molecule has 28 heavy (non-hydrogen) atoms. The number of benzene rings is 1. The Hall–Kier alpha value is -2.94. The topological polar surface area (TPSA) is 104 Å². The Kier molecular flexibility index (Phi) is 6.25. The molecule has 0 aliphatic carbocycles. The molecule has 9 heteroatoms. The molecule has 0 radical (unpaired) electrons. The van der Waals surface area contributed by atoms with Crippen molar-refractivity contribution in [1.82, 2.24) is 29.7 Å². The summed E-state index contributed by atoms with van der Waals surface area (Å²) < 4.78 is 0. The van der Waals surface area contributed by atoms with Gasteiger partial charge in [-0.3, -0.25) is 4.90 Å². The number of carbonyl (C=O) groups excluding carboxylic acids is 1. The Bertz CT molecular complexity index is 817. The number of nitrogens with one attached hydrogen (secondary N) is 1. The van der Waals surface area contributed by atoms with Crippen LogP contribution >= 0.6 is 0 Å². The third-order valence-corrected chi connectivity index (χ3v) is 4.73. The summed E-state index contributed by atoms with van der Waals surface area (Å²) in [5.74, 6) is 1.27. The van der Waals surface area contributed by atoms with Crippen LogP contribution in [0, 0.1) is 0 Å². The molecule has 2 aromatic rings. The van der Waals surface area contributed by atoms with Gasteiger partial charge in [0.15, 0.2) is 0 Å². The number of piperazine rings is 1. The van der Waals surface area contributed by atoms with Crippen molar-refractivity contribution in [3.05, 3.63) is 35.7 Å². The molecule has 2 amide bonds. The second kappa shape index (κ2) is 8.83. The Morgan fingerprint density at radius 1 is 1.14 bits per heavy atom. The summed E-state index contributed by atoms with van der Waals surface area (Å²) in [4.78, 5) is 30.8. The summed E-state index contributed by atoms with van der Waals surface area (Å²) in [5, 5.41) is 3.26. The first-order valence-electron chi connectivity index (χ1n) is 9.50. The van der Waals surface area contributed by atoms with Gasteiger partial charge in [-0.05, 0) is 18.1 Å². The van der Waals surface area contributed by atoms with Crippen LogP contribution < -0.4 is 11.1 Å². The lowest BCUT2D eigenvalue weighted by atomic mass is 10.1. The summed E-state index contributed by atoms with van der Waals surface area (Å²) in [5.41, 5.74) is 8.06. The monoisotopic (exact) mass is 384 g/mol. The molecule has 0 unspecified atom stereocenters. The van der Waals surface area contributed by atoms with E-state index in [0.717, 1.165) is 25.2 Å². The smallest absolute Gasteiger partial charge is 0.319 e. The van der Waals surface area contributed by atoms with Gasteiger partial charge in [0.25, 0.3) is 0 Å². The fraction of sp³-hybridized carbons (Fsp3) is 0.474. The number of para-hydroxylation sites is 1. The van der Waals surface area contributed by atoms with E-state index in [9.17, 15) is 4.79 Å². The van der Waals surface area contributed by atoms with E-state index in [1.165, 1.54) is 5.56 Å². The first-order valence-corrected chi connectivity index (χ1v) is 9.50. The number of nitrogens with two attached hydrogens (primary N) is 1. The van der Waals surface area contributed by atoms with Crippen molar-refractivity contribution in [2.75, 3.05) is 51.3 Å². The molecule has 1 aliphatic rings. The van der Waals surface area contributed by atoms with Crippen LogP contribution in [-0.2, 0) is 13.0 Å². The number of hydrogen-bond acceptors (Lipinski definition) is 7. The number of aromatic nitrogens is 3. The largest absolute Gasteiger partial charge is 0.368 e. The second-order valence-corrected chi connectivity index (χ2v) is 7.01. The van der Waals surface area contributed by atoms with Crippen LogP contribution in [-0.4, -0.2) is 76.0 Å². The quantitative estimate of drug-likeness (QED) is 0.806. The van der Waals surface area contributed by atoms with E-state index >= 15 is 0 Å². The van der Waals surface area contributed by atoms with Crippen molar-refractivity contribution in [3.63, 3.8) is 0 Å². The van der Waals surface area contributed by atoms with Crippen LogP contribution in [0.1, 0.15) is 18.3 Å². The number of anilines is 3. The molecule has 1 fully saturated rings. The molecule has 2 heterocycles. The van der Waals surface area contributed by atoms with Crippen LogP contribution in [0.15, 0.2) is 24.3 Å². The molecular formula is C19H28N8O. The predicted molar refractivity (Wildman–Crippen MR) is 109 cm³/mol. The lowest BCUT2D eigenvalue weighted by Crippen LogP contribution is -2.51. The highest BCUT2D eigenvalue weighted by atomic mass is 16.2. The van der Waals surface area contributed by atoms with Gasteiger partial charge in [-0.1, -0.05) is 25.1 Å². The molecule has 1 aromatic heterocycles. The first-order chi connectivity index (χ1) is 13.5. The van der Waals surface area contributed by atoms with Gasteiger partial charge in [0.1, 0.15) is 5.82 Å². The summed E-state index contributed by atoms with van der Waals surface area (Å²) in [6.07, 6.45) is 0.909. The van der Waals surface area contributed by atoms with E-state index < -0.39 is 0 Å². The normalized spacial score (nSPS) is 14.8. The van der Waals surface area contributed by atoms with Gasteiger partial charge in [0.2, 0.25) is 11.9 Å². The molecule has 150 valence electrons. The lowest BCUT2D eigenvalue weighted by molar-refractivity contribution is 0.118. The van der Waals surface area contributed by atoms with Crippen LogP contribution in [0.3, 0.4) is 0 Å². The zero-order valence-electron chi connectivity index (χ0n) is 16.7. The predicted octanol–water partition coefficient (Wildman–Crippen LogP) is 1.56. The molecule has 3 N–H and O–H groups in total. The highest BCUT2D eigenvalue weighted by Crippen LogP contribution is 2.19. The highest BCUT2D eigenvalue weighted by Gasteiger charge is 2.23. The summed E-state index contributed by atoms with van der Waals surface area (Å²) in [7, 11) is 3.54.